The zero-order chi connectivity index (χ0) is 14.4. The zero-order valence-corrected chi connectivity index (χ0v) is 12.6. The maximum Gasteiger partial charge on any atom is 0.251 e. The summed E-state index contributed by atoms with van der Waals surface area (Å²) in [5.74, 6) is 2.68. The van der Waals surface area contributed by atoms with Gasteiger partial charge in [-0.1, -0.05) is 17.7 Å². The highest BCUT2D eigenvalue weighted by Gasteiger charge is 2.08. The number of carbonyl (C=O) groups is 1. The van der Waals surface area contributed by atoms with E-state index >= 15 is 0 Å². The topological polar surface area (TPSA) is 42.2 Å². The summed E-state index contributed by atoms with van der Waals surface area (Å²) in [6, 6.07) is 9.78. The quantitative estimate of drug-likeness (QED) is 0.827. The molecule has 0 fully saturated rings. The summed E-state index contributed by atoms with van der Waals surface area (Å²) in [7, 11) is 0. The molecule has 0 saturated heterocycles. The molecule has 0 spiro atoms. The Morgan fingerprint density at radius 2 is 2.15 bits per heavy atom. The third kappa shape index (κ3) is 4.17. The molecule has 0 aliphatic carbocycles. The van der Waals surface area contributed by atoms with Crippen LogP contribution < -0.4 is 5.32 Å². The average molecular weight is 289 g/mol. The molecule has 1 aromatic carbocycles. The Hall–Kier alpha value is -1.68. The summed E-state index contributed by atoms with van der Waals surface area (Å²) >= 11 is 1.75. The van der Waals surface area contributed by atoms with Gasteiger partial charge in [-0.15, -0.1) is 0 Å². The van der Waals surface area contributed by atoms with Crippen LogP contribution in [0, 0.1) is 13.8 Å². The van der Waals surface area contributed by atoms with Gasteiger partial charge in [0.2, 0.25) is 0 Å². The fourth-order valence-corrected chi connectivity index (χ4v) is 2.64. The van der Waals surface area contributed by atoms with Crippen molar-refractivity contribution in [3.05, 3.63) is 59.0 Å². The van der Waals surface area contributed by atoms with Crippen molar-refractivity contribution < 1.29 is 9.21 Å². The lowest BCUT2D eigenvalue weighted by Crippen LogP contribution is -2.26. The number of amides is 1. The third-order valence-corrected chi connectivity index (χ3v) is 3.98. The Morgan fingerprint density at radius 3 is 2.90 bits per heavy atom. The molecule has 20 heavy (non-hydrogen) atoms. The summed E-state index contributed by atoms with van der Waals surface area (Å²) in [4.78, 5) is 12.1. The van der Waals surface area contributed by atoms with E-state index in [1.807, 2.05) is 44.2 Å². The van der Waals surface area contributed by atoms with Gasteiger partial charge in [0.15, 0.2) is 0 Å². The monoisotopic (exact) mass is 289 g/mol. The van der Waals surface area contributed by atoms with E-state index in [-0.39, 0.29) is 5.91 Å². The number of nitrogens with one attached hydrogen (secondary N) is 1. The number of hydrogen-bond acceptors (Lipinski definition) is 3. The Balaban J connectivity index is 1.73. The first-order valence-electron chi connectivity index (χ1n) is 6.62. The van der Waals surface area contributed by atoms with E-state index in [9.17, 15) is 4.79 Å². The second kappa shape index (κ2) is 7.20. The number of aryl methyl sites for hydroxylation is 2. The molecule has 1 heterocycles. The summed E-state index contributed by atoms with van der Waals surface area (Å²) in [6.07, 6.45) is 1.68. The molecular weight excluding hydrogens is 270 g/mol. The number of benzene rings is 1. The highest BCUT2D eigenvalue weighted by molar-refractivity contribution is 7.98. The molecule has 1 N–H and O–H groups in total. The van der Waals surface area contributed by atoms with Crippen molar-refractivity contribution in [2.75, 3.05) is 12.3 Å². The fourth-order valence-electron chi connectivity index (χ4n) is 1.88. The number of rotatable bonds is 6. The molecule has 0 aliphatic heterocycles. The van der Waals surface area contributed by atoms with E-state index in [1.54, 1.807) is 18.0 Å². The summed E-state index contributed by atoms with van der Waals surface area (Å²) in [5.41, 5.74) is 2.88. The SMILES string of the molecule is Cc1ccc(C)c(C(=O)NCCSCc2ccco2)c1. The van der Waals surface area contributed by atoms with Crippen molar-refractivity contribution in [2.45, 2.75) is 19.6 Å². The molecule has 1 amide bonds. The van der Waals surface area contributed by atoms with Crippen LogP contribution in [0.5, 0.6) is 0 Å². The van der Waals surface area contributed by atoms with E-state index in [4.69, 9.17) is 4.42 Å². The highest BCUT2D eigenvalue weighted by atomic mass is 32.2. The molecule has 106 valence electrons. The molecule has 2 aromatic rings. The molecule has 1 aromatic heterocycles. The second-order valence-corrected chi connectivity index (χ2v) is 5.81. The molecule has 0 saturated carbocycles. The minimum Gasteiger partial charge on any atom is -0.468 e. The van der Waals surface area contributed by atoms with Gasteiger partial charge in [0.25, 0.3) is 5.91 Å². The van der Waals surface area contributed by atoms with Crippen LogP contribution >= 0.6 is 11.8 Å². The first-order valence-corrected chi connectivity index (χ1v) is 7.78. The standard InChI is InChI=1S/C16H19NO2S/c1-12-5-6-13(2)15(10-12)16(18)17-7-9-20-11-14-4-3-8-19-14/h3-6,8,10H,7,9,11H2,1-2H3,(H,17,18). The van der Waals surface area contributed by atoms with Crippen molar-refractivity contribution >= 4 is 17.7 Å². The van der Waals surface area contributed by atoms with Gasteiger partial charge < -0.3 is 9.73 Å². The van der Waals surface area contributed by atoms with Gasteiger partial charge >= 0.3 is 0 Å². The minimum absolute atomic E-state index is 0.00444. The predicted molar refractivity (Wildman–Crippen MR) is 83.1 cm³/mol. The Morgan fingerprint density at radius 1 is 1.30 bits per heavy atom. The minimum atomic E-state index is 0.00444. The second-order valence-electron chi connectivity index (χ2n) is 4.71. The van der Waals surface area contributed by atoms with Crippen molar-refractivity contribution in [1.29, 1.82) is 0 Å². The van der Waals surface area contributed by atoms with Gasteiger partial charge in [-0.05, 0) is 37.6 Å². The number of carbonyl (C=O) groups excluding carboxylic acids is 1. The van der Waals surface area contributed by atoms with E-state index in [1.165, 1.54) is 0 Å². The van der Waals surface area contributed by atoms with Crippen molar-refractivity contribution in [2.24, 2.45) is 0 Å². The Kier molecular flexibility index (Phi) is 5.30. The van der Waals surface area contributed by atoms with Crippen molar-refractivity contribution in [3.63, 3.8) is 0 Å². The smallest absolute Gasteiger partial charge is 0.251 e. The molecule has 4 heteroatoms. The Labute approximate surface area is 123 Å². The number of hydrogen-bond donors (Lipinski definition) is 1. The van der Waals surface area contributed by atoms with Gasteiger partial charge in [0.05, 0.1) is 12.0 Å². The van der Waals surface area contributed by atoms with Crippen LogP contribution in [0.25, 0.3) is 0 Å². The zero-order valence-electron chi connectivity index (χ0n) is 11.8. The van der Waals surface area contributed by atoms with Crippen LogP contribution in [-0.2, 0) is 5.75 Å². The molecule has 0 aliphatic rings. The van der Waals surface area contributed by atoms with Crippen LogP contribution in [0.3, 0.4) is 0 Å². The third-order valence-electron chi connectivity index (χ3n) is 2.99. The molecule has 0 atom stereocenters. The predicted octanol–water partition coefficient (Wildman–Crippen LogP) is 3.56. The molecule has 3 nitrogen and oxygen atoms in total. The summed E-state index contributed by atoms with van der Waals surface area (Å²) in [5, 5.41) is 2.96. The molecule has 0 unspecified atom stereocenters. The molecule has 0 radical (unpaired) electrons. The van der Waals surface area contributed by atoms with Gasteiger partial charge in [-0.3, -0.25) is 4.79 Å². The number of furan rings is 1. The highest BCUT2D eigenvalue weighted by Crippen LogP contribution is 2.12. The lowest BCUT2D eigenvalue weighted by molar-refractivity contribution is 0.0955. The summed E-state index contributed by atoms with van der Waals surface area (Å²) < 4.78 is 5.25. The van der Waals surface area contributed by atoms with Crippen LogP contribution in [0.2, 0.25) is 0 Å². The van der Waals surface area contributed by atoms with E-state index < -0.39 is 0 Å². The van der Waals surface area contributed by atoms with Crippen LogP contribution in [0.15, 0.2) is 41.0 Å². The van der Waals surface area contributed by atoms with Crippen LogP contribution in [0.4, 0.5) is 0 Å². The first-order chi connectivity index (χ1) is 9.66. The number of thioether (sulfide) groups is 1. The fraction of sp³-hybridized carbons (Fsp3) is 0.312. The van der Waals surface area contributed by atoms with Gasteiger partial charge in [-0.25, -0.2) is 0 Å². The molecule has 2 rings (SSSR count). The maximum atomic E-state index is 12.1. The van der Waals surface area contributed by atoms with Crippen LogP contribution in [-0.4, -0.2) is 18.2 Å². The molecule has 0 bridgehead atoms. The van der Waals surface area contributed by atoms with E-state index in [0.717, 1.165) is 34.0 Å². The normalized spacial score (nSPS) is 10.5. The van der Waals surface area contributed by atoms with E-state index in [0.29, 0.717) is 6.54 Å². The van der Waals surface area contributed by atoms with Gasteiger partial charge in [0.1, 0.15) is 5.76 Å². The van der Waals surface area contributed by atoms with Gasteiger partial charge in [0, 0.05) is 17.9 Å². The maximum absolute atomic E-state index is 12.1. The lowest BCUT2D eigenvalue weighted by Gasteiger charge is -2.08. The van der Waals surface area contributed by atoms with E-state index in [2.05, 4.69) is 5.32 Å². The Bertz CT molecular complexity index is 564. The first kappa shape index (κ1) is 14.7. The van der Waals surface area contributed by atoms with Crippen molar-refractivity contribution in [1.82, 2.24) is 5.32 Å². The summed E-state index contributed by atoms with van der Waals surface area (Å²) in [6.45, 7) is 4.62. The lowest BCUT2D eigenvalue weighted by atomic mass is 10.1. The molecular formula is C16H19NO2S. The van der Waals surface area contributed by atoms with Gasteiger partial charge in [-0.2, -0.15) is 11.8 Å². The van der Waals surface area contributed by atoms with Crippen molar-refractivity contribution in [3.8, 4) is 0 Å². The average Bonchev–Trinajstić information content (AvgIpc) is 2.94. The largest absolute Gasteiger partial charge is 0.468 e. The van der Waals surface area contributed by atoms with Crippen LogP contribution in [0.1, 0.15) is 27.2 Å².